The standard InChI is InChI=1S/C13H14ClN3O2/c1-17-13(15)5-11(16-17)8-2-3-12(10(14)4-8)19-9-6-18-7-9/h2-5,9H,6-7,15H2,1H3. The Balaban J connectivity index is 1.85. The van der Waals surface area contributed by atoms with Crippen molar-refractivity contribution in [1.82, 2.24) is 9.78 Å². The number of aromatic nitrogens is 2. The van der Waals surface area contributed by atoms with Gasteiger partial charge < -0.3 is 15.2 Å². The molecular weight excluding hydrogens is 266 g/mol. The van der Waals surface area contributed by atoms with Crippen molar-refractivity contribution >= 4 is 17.4 Å². The van der Waals surface area contributed by atoms with Crippen LogP contribution >= 0.6 is 11.6 Å². The Labute approximate surface area is 115 Å². The highest BCUT2D eigenvalue weighted by Gasteiger charge is 2.21. The molecule has 2 N–H and O–H groups in total. The van der Waals surface area contributed by atoms with Gasteiger partial charge in [0.05, 0.1) is 23.9 Å². The Bertz CT molecular complexity index is 588. The third-order valence-corrected chi connectivity index (χ3v) is 3.34. The lowest BCUT2D eigenvalue weighted by atomic mass is 10.1. The first kappa shape index (κ1) is 12.3. The lowest BCUT2D eigenvalue weighted by molar-refractivity contribution is -0.0796. The maximum atomic E-state index is 6.22. The van der Waals surface area contributed by atoms with E-state index in [0.717, 1.165) is 11.3 Å². The van der Waals surface area contributed by atoms with E-state index < -0.39 is 0 Å². The number of rotatable bonds is 3. The fourth-order valence-corrected chi connectivity index (χ4v) is 2.07. The molecule has 100 valence electrons. The molecule has 0 bridgehead atoms. The molecular formula is C13H14ClN3O2. The van der Waals surface area contributed by atoms with Crippen LogP contribution in [0.4, 0.5) is 5.82 Å². The molecule has 3 rings (SSSR count). The quantitative estimate of drug-likeness (QED) is 0.935. The van der Waals surface area contributed by atoms with E-state index in [0.29, 0.717) is 29.8 Å². The van der Waals surface area contributed by atoms with Crippen molar-refractivity contribution in [3.63, 3.8) is 0 Å². The molecule has 1 aliphatic rings. The summed E-state index contributed by atoms with van der Waals surface area (Å²) in [5, 5.41) is 4.88. The number of nitrogens with zero attached hydrogens (tertiary/aromatic N) is 2. The summed E-state index contributed by atoms with van der Waals surface area (Å²) in [6.07, 6.45) is 0.105. The Hall–Kier alpha value is -1.72. The van der Waals surface area contributed by atoms with Crippen LogP contribution in [-0.2, 0) is 11.8 Å². The van der Waals surface area contributed by atoms with Crippen LogP contribution in [0.5, 0.6) is 5.75 Å². The average molecular weight is 280 g/mol. The zero-order valence-electron chi connectivity index (χ0n) is 10.5. The number of ether oxygens (including phenoxy) is 2. The Morgan fingerprint density at radius 3 is 2.74 bits per heavy atom. The van der Waals surface area contributed by atoms with E-state index in [-0.39, 0.29) is 6.10 Å². The summed E-state index contributed by atoms with van der Waals surface area (Å²) < 4.78 is 12.4. The van der Waals surface area contributed by atoms with Crippen LogP contribution in [-0.4, -0.2) is 29.1 Å². The van der Waals surface area contributed by atoms with E-state index in [4.69, 9.17) is 26.8 Å². The van der Waals surface area contributed by atoms with Crippen molar-refractivity contribution in [1.29, 1.82) is 0 Å². The van der Waals surface area contributed by atoms with Gasteiger partial charge in [-0.2, -0.15) is 5.10 Å². The minimum Gasteiger partial charge on any atom is -0.484 e. The van der Waals surface area contributed by atoms with Crippen LogP contribution in [0, 0.1) is 0 Å². The Morgan fingerprint density at radius 2 is 2.21 bits per heavy atom. The molecule has 19 heavy (non-hydrogen) atoms. The highest BCUT2D eigenvalue weighted by Crippen LogP contribution is 2.31. The topological polar surface area (TPSA) is 62.3 Å². The molecule has 0 amide bonds. The summed E-state index contributed by atoms with van der Waals surface area (Å²) in [6.45, 7) is 1.24. The summed E-state index contributed by atoms with van der Waals surface area (Å²) >= 11 is 6.22. The summed E-state index contributed by atoms with van der Waals surface area (Å²) in [4.78, 5) is 0. The van der Waals surface area contributed by atoms with Crippen LogP contribution in [0.2, 0.25) is 5.02 Å². The van der Waals surface area contributed by atoms with E-state index in [2.05, 4.69) is 5.10 Å². The highest BCUT2D eigenvalue weighted by molar-refractivity contribution is 6.32. The fraction of sp³-hybridized carbons (Fsp3) is 0.308. The van der Waals surface area contributed by atoms with Gasteiger partial charge >= 0.3 is 0 Å². The van der Waals surface area contributed by atoms with Crippen LogP contribution in [0.25, 0.3) is 11.3 Å². The molecule has 1 aliphatic heterocycles. The number of anilines is 1. The second kappa shape index (κ2) is 4.75. The molecule has 0 aliphatic carbocycles. The van der Waals surface area contributed by atoms with E-state index in [1.54, 1.807) is 11.7 Å². The largest absolute Gasteiger partial charge is 0.484 e. The second-order valence-electron chi connectivity index (χ2n) is 4.50. The lowest BCUT2D eigenvalue weighted by Crippen LogP contribution is -2.38. The maximum absolute atomic E-state index is 6.22. The van der Waals surface area contributed by atoms with E-state index in [1.165, 1.54) is 0 Å². The maximum Gasteiger partial charge on any atom is 0.145 e. The van der Waals surface area contributed by atoms with Crippen molar-refractivity contribution in [2.24, 2.45) is 7.05 Å². The molecule has 1 fully saturated rings. The van der Waals surface area contributed by atoms with Gasteiger partial charge in [-0.1, -0.05) is 11.6 Å². The van der Waals surface area contributed by atoms with Gasteiger partial charge in [-0.05, 0) is 18.2 Å². The number of halogens is 1. The molecule has 1 saturated heterocycles. The predicted octanol–water partition coefficient (Wildman–Crippen LogP) is 2.10. The van der Waals surface area contributed by atoms with E-state index in [9.17, 15) is 0 Å². The van der Waals surface area contributed by atoms with Crippen molar-refractivity contribution in [3.8, 4) is 17.0 Å². The van der Waals surface area contributed by atoms with E-state index >= 15 is 0 Å². The lowest BCUT2D eigenvalue weighted by Gasteiger charge is -2.27. The number of aryl methyl sites for hydroxylation is 1. The summed E-state index contributed by atoms with van der Waals surface area (Å²) in [6, 6.07) is 7.41. The van der Waals surface area contributed by atoms with Crippen molar-refractivity contribution < 1.29 is 9.47 Å². The van der Waals surface area contributed by atoms with Crippen LogP contribution in [0.15, 0.2) is 24.3 Å². The summed E-state index contributed by atoms with van der Waals surface area (Å²) in [7, 11) is 1.80. The number of hydrogen-bond acceptors (Lipinski definition) is 4. The Kier molecular flexibility index (Phi) is 3.08. The first-order valence-electron chi connectivity index (χ1n) is 5.97. The zero-order valence-corrected chi connectivity index (χ0v) is 11.2. The molecule has 0 radical (unpaired) electrons. The SMILES string of the molecule is Cn1nc(-c2ccc(OC3COC3)c(Cl)c2)cc1N. The number of benzene rings is 1. The zero-order chi connectivity index (χ0) is 13.4. The third kappa shape index (κ3) is 2.39. The normalized spacial score (nSPS) is 15.3. The number of nitrogens with two attached hydrogens (primary N) is 1. The predicted molar refractivity (Wildman–Crippen MR) is 73.3 cm³/mol. The molecule has 0 atom stereocenters. The van der Waals surface area contributed by atoms with E-state index in [1.807, 2.05) is 24.3 Å². The smallest absolute Gasteiger partial charge is 0.145 e. The summed E-state index contributed by atoms with van der Waals surface area (Å²) in [5.74, 6) is 1.28. The first-order chi connectivity index (χ1) is 9.13. The summed E-state index contributed by atoms with van der Waals surface area (Å²) in [5.41, 5.74) is 7.47. The van der Waals surface area contributed by atoms with Crippen molar-refractivity contribution in [3.05, 3.63) is 29.3 Å². The van der Waals surface area contributed by atoms with Crippen LogP contribution in [0.3, 0.4) is 0 Å². The third-order valence-electron chi connectivity index (χ3n) is 3.04. The molecule has 6 heteroatoms. The van der Waals surface area contributed by atoms with Crippen LogP contribution < -0.4 is 10.5 Å². The van der Waals surface area contributed by atoms with Crippen molar-refractivity contribution in [2.45, 2.75) is 6.10 Å². The molecule has 0 saturated carbocycles. The highest BCUT2D eigenvalue weighted by atomic mass is 35.5. The van der Waals surface area contributed by atoms with Gasteiger partial charge in [0.1, 0.15) is 17.7 Å². The molecule has 1 aromatic carbocycles. The average Bonchev–Trinajstić information content (AvgIpc) is 2.66. The Morgan fingerprint density at radius 1 is 1.42 bits per heavy atom. The fourth-order valence-electron chi connectivity index (χ4n) is 1.84. The molecule has 2 heterocycles. The molecule has 0 unspecified atom stereocenters. The van der Waals surface area contributed by atoms with Gasteiger partial charge in [-0.3, -0.25) is 4.68 Å². The van der Waals surface area contributed by atoms with Gasteiger partial charge in [0.2, 0.25) is 0 Å². The minimum absolute atomic E-state index is 0.105. The molecule has 0 spiro atoms. The molecule has 5 nitrogen and oxygen atoms in total. The van der Waals surface area contributed by atoms with Gasteiger partial charge in [-0.25, -0.2) is 0 Å². The second-order valence-corrected chi connectivity index (χ2v) is 4.91. The molecule has 2 aromatic rings. The van der Waals surface area contributed by atoms with Crippen molar-refractivity contribution in [2.75, 3.05) is 18.9 Å². The minimum atomic E-state index is 0.105. The number of hydrogen-bond donors (Lipinski definition) is 1. The van der Waals surface area contributed by atoms with Gasteiger partial charge in [0.15, 0.2) is 0 Å². The van der Waals surface area contributed by atoms with Crippen LogP contribution in [0.1, 0.15) is 0 Å². The van der Waals surface area contributed by atoms with Gasteiger partial charge in [-0.15, -0.1) is 0 Å². The monoisotopic (exact) mass is 279 g/mol. The molecule has 1 aromatic heterocycles. The van der Waals surface area contributed by atoms with Gasteiger partial charge in [0.25, 0.3) is 0 Å². The number of nitrogen functional groups attached to an aromatic ring is 1. The first-order valence-corrected chi connectivity index (χ1v) is 6.35. The van der Waals surface area contributed by atoms with Gasteiger partial charge in [0, 0.05) is 18.7 Å².